The van der Waals surface area contributed by atoms with Crippen molar-refractivity contribution in [2.45, 2.75) is 39.7 Å². The van der Waals surface area contributed by atoms with E-state index in [-0.39, 0.29) is 17.9 Å². The number of para-hydroxylation sites is 1. The molecule has 0 saturated heterocycles. The molecule has 0 aliphatic carbocycles. The van der Waals surface area contributed by atoms with Crippen LogP contribution >= 0.6 is 11.6 Å². The highest BCUT2D eigenvalue weighted by atomic mass is 35.5. The zero-order chi connectivity index (χ0) is 17.0. The summed E-state index contributed by atoms with van der Waals surface area (Å²) in [5.74, 6) is 0.864. The first-order valence-corrected chi connectivity index (χ1v) is 7.89. The Morgan fingerprint density at radius 3 is 2.65 bits per heavy atom. The molecule has 23 heavy (non-hydrogen) atoms. The molecule has 0 saturated carbocycles. The van der Waals surface area contributed by atoms with E-state index in [4.69, 9.17) is 20.9 Å². The molecule has 1 heterocycles. The van der Waals surface area contributed by atoms with Crippen molar-refractivity contribution in [2.75, 3.05) is 6.54 Å². The minimum absolute atomic E-state index is 0.0889. The number of rotatable bonds is 6. The summed E-state index contributed by atoms with van der Waals surface area (Å²) in [6, 6.07) is 7.26. The summed E-state index contributed by atoms with van der Waals surface area (Å²) in [5, 5.41) is 7.32. The van der Waals surface area contributed by atoms with E-state index < -0.39 is 0 Å². The maximum atomic E-state index is 12.3. The Morgan fingerprint density at radius 1 is 1.35 bits per heavy atom. The number of carbonyl (C=O) groups excluding carboxylic acids is 1. The second kappa shape index (κ2) is 7.51. The van der Waals surface area contributed by atoms with E-state index in [1.165, 1.54) is 0 Å². The van der Waals surface area contributed by atoms with Gasteiger partial charge in [-0.3, -0.25) is 4.79 Å². The number of nitrogens with zero attached hydrogens (tertiary/aromatic N) is 1. The molecule has 2 aromatic rings. The van der Waals surface area contributed by atoms with Crippen LogP contribution in [-0.4, -0.2) is 23.7 Å². The van der Waals surface area contributed by atoms with E-state index in [0.717, 1.165) is 11.3 Å². The van der Waals surface area contributed by atoms with Crippen molar-refractivity contribution in [1.29, 1.82) is 0 Å². The summed E-state index contributed by atoms with van der Waals surface area (Å²) < 4.78 is 10.9. The Kier molecular flexibility index (Phi) is 5.66. The van der Waals surface area contributed by atoms with Crippen molar-refractivity contribution in [3.63, 3.8) is 0 Å². The molecule has 1 aromatic heterocycles. The van der Waals surface area contributed by atoms with Gasteiger partial charge < -0.3 is 14.6 Å². The molecule has 124 valence electrons. The normalized spacial score (nSPS) is 13.4. The van der Waals surface area contributed by atoms with Crippen LogP contribution in [0.25, 0.3) is 0 Å². The van der Waals surface area contributed by atoms with Crippen LogP contribution in [0.5, 0.6) is 5.75 Å². The number of halogens is 1. The van der Waals surface area contributed by atoms with E-state index in [9.17, 15) is 4.79 Å². The van der Waals surface area contributed by atoms with Crippen molar-refractivity contribution in [2.24, 2.45) is 0 Å². The summed E-state index contributed by atoms with van der Waals surface area (Å²) in [7, 11) is 0. The van der Waals surface area contributed by atoms with Crippen LogP contribution in [0.15, 0.2) is 28.8 Å². The summed E-state index contributed by atoms with van der Waals surface area (Å²) >= 11 is 6.05. The van der Waals surface area contributed by atoms with Crippen LogP contribution in [0.4, 0.5) is 0 Å². The van der Waals surface area contributed by atoms with Gasteiger partial charge in [-0.15, -0.1) is 0 Å². The van der Waals surface area contributed by atoms with Crippen LogP contribution < -0.4 is 10.1 Å². The Morgan fingerprint density at radius 2 is 2.04 bits per heavy atom. The van der Waals surface area contributed by atoms with E-state index in [0.29, 0.717) is 23.1 Å². The quantitative estimate of drug-likeness (QED) is 0.874. The van der Waals surface area contributed by atoms with Gasteiger partial charge in [-0.1, -0.05) is 28.9 Å². The van der Waals surface area contributed by atoms with Crippen LogP contribution in [0.2, 0.25) is 5.02 Å². The fourth-order valence-corrected chi connectivity index (χ4v) is 2.62. The molecule has 1 aromatic carbocycles. The topological polar surface area (TPSA) is 64.4 Å². The van der Waals surface area contributed by atoms with E-state index in [1.807, 2.05) is 39.8 Å². The molecular weight excluding hydrogens is 316 g/mol. The molecular formula is C17H21ClN2O3. The minimum Gasteiger partial charge on any atom is -0.487 e. The number of hydrogen-bond acceptors (Lipinski definition) is 4. The third kappa shape index (κ3) is 4.26. The highest BCUT2D eigenvalue weighted by Gasteiger charge is 2.23. The fraction of sp³-hybridized carbons (Fsp3) is 0.412. The van der Waals surface area contributed by atoms with Gasteiger partial charge in [0.15, 0.2) is 0 Å². The third-order valence-corrected chi connectivity index (χ3v) is 3.96. The highest BCUT2D eigenvalue weighted by Crippen LogP contribution is 2.25. The molecule has 6 heteroatoms. The van der Waals surface area contributed by atoms with Crippen molar-refractivity contribution in [3.8, 4) is 5.75 Å². The lowest BCUT2D eigenvalue weighted by Crippen LogP contribution is -2.36. The Bertz CT molecular complexity index is 665. The first-order chi connectivity index (χ1) is 10.9. The number of aryl methyl sites for hydroxylation is 2. The molecule has 1 N–H and O–H groups in total. The molecule has 0 aliphatic rings. The molecule has 0 unspecified atom stereocenters. The Balaban J connectivity index is 1.90. The number of aromatic nitrogens is 1. The number of ether oxygens (including phenoxy) is 1. The number of benzene rings is 1. The average Bonchev–Trinajstić information content (AvgIpc) is 2.85. The molecule has 0 spiro atoms. The average molecular weight is 337 g/mol. The van der Waals surface area contributed by atoms with Crippen molar-refractivity contribution in [3.05, 3.63) is 46.3 Å². The van der Waals surface area contributed by atoms with Crippen molar-refractivity contribution < 1.29 is 14.1 Å². The van der Waals surface area contributed by atoms with Gasteiger partial charge in [-0.25, -0.2) is 0 Å². The second-order valence-electron chi connectivity index (χ2n) is 5.56. The summed E-state index contributed by atoms with van der Waals surface area (Å²) in [4.78, 5) is 12.3. The molecule has 1 amide bonds. The lowest BCUT2D eigenvalue weighted by atomic mass is 9.99. The predicted molar refractivity (Wildman–Crippen MR) is 88.9 cm³/mol. The zero-order valence-electron chi connectivity index (χ0n) is 13.7. The first-order valence-electron chi connectivity index (χ1n) is 7.51. The molecule has 0 radical (unpaired) electrons. The van der Waals surface area contributed by atoms with Gasteiger partial charge in [0.1, 0.15) is 17.6 Å². The first kappa shape index (κ1) is 17.3. The summed E-state index contributed by atoms with van der Waals surface area (Å²) in [6.45, 7) is 7.74. The molecule has 2 atom stereocenters. The number of hydrogen-bond donors (Lipinski definition) is 1. The van der Waals surface area contributed by atoms with Crippen LogP contribution in [0.3, 0.4) is 0 Å². The van der Waals surface area contributed by atoms with Gasteiger partial charge >= 0.3 is 0 Å². The van der Waals surface area contributed by atoms with Gasteiger partial charge in [0, 0.05) is 5.56 Å². The van der Waals surface area contributed by atoms with Gasteiger partial charge in [0.2, 0.25) is 5.91 Å². The minimum atomic E-state index is -0.325. The smallest absolute Gasteiger partial charge is 0.227 e. The maximum absolute atomic E-state index is 12.3. The van der Waals surface area contributed by atoms with Crippen molar-refractivity contribution in [1.82, 2.24) is 10.5 Å². The summed E-state index contributed by atoms with van der Waals surface area (Å²) in [6.07, 6.45) is -0.198. The van der Waals surface area contributed by atoms with E-state index in [2.05, 4.69) is 10.5 Å². The zero-order valence-corrected chi connectivity index (χ0v) is 14.5. The Hall–Kier alpha value is -2.01. The van der Waals surface area contributed by atoms with Gasteiger partial charge in [0.25, 0.3) is 0 Å². The van der Waals surface area contributed by atoms with Crippen LogP contribution in [0.1, 0.15) is 36.8 Å². The monoisotopic (exact) mass is 336 g/mol. The number of nitrogens with one attached hydrogen (secondary N) is 1. The molecule has 0 aliphatic heterocycles. The van der Waals surface area contributed by atoms with Crippen molar-refractivity contribution >= 4 is 17.5 Å². The third-order valence-electron chi connectivity index (χ3n) is 3.64. The van der Waals surface area contributed by atoms with Crippen LogP contribution in [0, 0.1) is 13.8 Å². The fourth-order valence-electron chi connectivity index (χ4n) is 2.44. The number of carbonyl (C=O) groups is 1. The number of amides is 1. The second-order valence-corrected chi connectivity index (χ2v) is 5.97. The molecule has 2 rings (SSSR count). The maximum Gasteiger partial charge on any atom is 0.227 e. The van der Waals surface area contributed by atoms with Gasteiger partial charge in [-0.2, -0.15) is 0 Å². The van der Waals surface area contributed by atoms with Gasteiger partial charge in [-0.05, 0) is 39.8 Å². The molecule has 0 fully saturated rings. The largest absolute Gasteiger partial charge is 0.487 e. The lowest BCUT2D eigenvalue weighted by Gasteiger charge is -2.18. The van der Waals surface area contributed by atoms with Gasteiger partial charge in [0.05, 0.1) is 23.2 Å². The predicted octanol–water partition coefficient (Wildman–Crippen LogP) is 3.63. The highest BCUT2D eigenvalue weighted by molar-refractivity contribution is 6.32. The SMILES string of the molecule is Cc1noc(C)c1[C@H](C)C(=O)NC[C@@H](C)Oc1ccccc1Cl. The molecule has 0 bridgehead atoms. The van der Waals surface area contributed by atoms with E-state index >= 15 is 0 Å². The summed E-state index contributed by atoms with van der Waals surface area (Å²) in [5.41, 5.74) is 1.58. The lowest BCUT2D eigenvalue weighted by molar-refractivity contribution is -0.122. The standard InChI is InChI=1S/C17H21ClN2O3/c1-10(22-15-8-6-5-7-14(15)18)9-19-17(21)11(2)16-12(3)20-23-13(16)4/h5-8,10-11H,9H2,1-4H3,(H,19,21)/t10-,11+/m1/s1. The Labute approximate surface area is 141 Å². The van der Waals surface area contributed by atoms with E-state index in [1.54, 1.807) is 12.1 Å². The molecule has 5 nitrogen and oxygen atoms in total. The van der Waals surface area contributed by atoms with Crippen LogP contribution in [-0.2, 0) is 4.79 Å².